The van der Waals surface area contributed by atoms with E-state index in [-0.39, 0.29) is 36.3 Å². The Morgan fingerprint density at radius 3 is 2.53 bits per heavy atom. The number of nitrogens with two attached hydrogens (primary N) is 1. The van der Waals surface area contributed by atoms with Gasteiger partial charge in [0.1, 0.15) is 11.2 Å². The molecule has 0 unspecified atom stereocenters. The van der Waals surface area contributed by atoms with Gasteiger partial charge in [0.05, 0.1) is 11.9 Å². The van der Waals surface area contributed by atoms with Crippen LogP contribution in [-0.2, 0) is 16.1 Å². The minimum absolute atomic E-state index is 0.0377. The van der Waals surface area contributed by atoms with Crippen molar-refractivity contribution < 1.29 is 9.59 Å². The summed E-state index contributed by atoms with van der Waals surface area (Å²) < 4.78 is 3.16. The highest BCUT2D eigenvalue weighted by atomic mass is 16.2. The maximum atomic E-state index is 13.0. The summed E-state index contributed by atoms with van der Waals surface area (Å²) in [4.78, 5) is 43.2. The standard InChI is InChI=1S/C21H24N6O3/c1-14-24-20-17(13-23-27(20)16-5-3-2-4-6-16)21(30)26(14)12-9-18(28)25-10-7-15(8-11-25)19(22)29/h2-6,13,15H,7-12H2,1H3,(H2,22,29). The van der Waals surface area contributed by atoms with E-state index in [4.69, 9.17) is 5.73 Å². The van der Waals surface area contributed by atoms with Crippen LogP contribution in [-0.4, -0.2) is 49.1 Å². The van der Waals surface area contributed by atoms with Gasteiger partial charge in [-0.25, -0.2) is 9.67 Å². The third-order valence-electron chi connectivity index (χ3n) is 5.68. The zero-order valence-electron chi connectivity index (χ0n) is 16.8. The van der Waals surface area contributed by atoms with Gasteiger partial charge in [-0.2, -0.15) is 5.10 Å². The van der Waals surface area contributed by atoms with E-state index in [9.17, 15) is 14.4 Å². The van der Waals surface area contributed by atoms with Crippen molar-refractivity contribution in [2.45, 2.75) is 32.7 Å². The molecule has 3 heterocycles. The Labute approximate surface area is 173 Å². The number of benzene rings is 1. The first kappa shape index (κ1) is 19.8. The number of nitrogens with zero attached hydrogens (tertiary/aromatic N) is 5. The SMILES string of the molecule is Cc1nc2c(cnn2-c2ccccc2)c(=O)n1CCC(=O)N1CCC(C(N)=O)CC1. The van der Waals surface area contributed by atoms with E-state index in [1.165, 1.54) is 10.8 Å². The second-order valence-electron chi connectivity index (χ2n) is 7.55. The zero-order valence-corrected chi connectivity index (χ0v) is 16.8. The first-order valence-electron chi connectivity index (χ1n) is 10.0. The summed E-state index contributed by atoms with van der Waals surface area (Å²) in [7, 11) is 0. The summed E-state index contributed by atoms with van der Waals surface area (Å²) in [6, 6.07) is 9.50. The number of fused-ring (bicyclic) bond motifs is 1. The van der Waals surface area contributed by atoms with Crippen LogP contribution in [0.4, 0.5) is 0 Å². The third-order valence-corrected chi connectivity index (χ3v) is 5.68. The molecular formula is C21H24N6O3. The fourth-order valence-electron chi connectivity index (χ4n) is 3.91. The predicted molar refractivity (Wildman–Crippen MR) is 111 cm³/mol. The molecule has 9 heteroatoms. The quantitative estimate of drug-likeness (QED) is 0.676. The lowest BCUT2D eigenvalue weighted by Gasteiger charge is -2.30. The van der Waals surface area contributed by atoms with Gasteiger partial charge in [-0.3, -0.25) is 19.0 Å². The molecule has 156 valence electrons. The molecule has 0 atom stereocenters. The molecule has 1 aromatic carbocycles. The Hall–Kier alpha value is -3.49. The molecule has 0 saturated carbocycles. The van der Waals surface area contributed by atoms with Crippen molar-refractivity contribution in [3.63, 3.8) is 0 Å². The van der Waals surface area contributed by atoms with Crippen LogP contribution < -0.4 is 11.3 Å². The van der Waals surface area contributed by atoms with Gasteiger partial charge in [-0.05, 0) is 31.9 Å². The predicted octanol–water partition coefficient (Wildman–Crippen LogP) is 1.00. The van der Waals surface area contributed by atoms with Crippen LogP contribution in [0, 0.1) is 12.8 Å². The minimum atomic E-state index is -0.306. The average molecular weight is 408 g/mol. The lowest BCUT2D eigenvalue weighted by molar-refractivity contribution is -0.135. The molecule has 0 radical (unpaired) electrons. The molecule has 3 aromatic rings. The number of hydrogen-bond donors (Lipinski definition) is 1. The van der Waals surface area contributed by atoms with E-state index in [1.807, 2.05) is 30.3 Å². The molecule has 4 rings (SSSR count). The number of hydrogen-bond acceptors (Lipinski definition) is 5. The summed E-state index contributed by atoms with van der Waals surface area (Å²) in [6.07, 6.45) is 2.89. The number of aryl methyl sites for hydroxylation is 1. The van der Waals surface area contributed by atoms with Crippen molar-refractivity contribution >= 4 is 22.8 Å². The number of likely N-dealkylation sites (tertiary alicyclic amines) is 1. The van der Waals surface area contributed by atoms with Gasteiger partial charge in [0.2, 0.25) is 11.8 Å². The highest BCUT2D eigenvalue weighted by Crippen LogP contribution is 2.18. The van der Waals surface area contributed by atoms with Crippen LogP contribution in [0.1, 0.15) is 25.1 Å². The van der Waals surface area contributed by atoms with Crippen molar-refractivity contribution in [2.75, 3.05) is 13.1 Å². The molecule has 1 aliphatic heterocycles. The molecule has 1 aliphatic rings. The Morgan fingerprint density at radius 2 is 1.87 bits per heavy atom. The van der Waals surface area contributed by atoms with Gasteiger partial charge >= 0.3 is 0 Å². The summed E-state index contributed by atoms with van der Waals surface area (Å²) in [5.74, 6) is 0.0288. The Kier molecular flexibility index (Phi) is 5.35. The molecule has 0 bridgehead atoms. The van der Waals surface area contributed by atoms with Gasteiger partial charge < -0.3 is 10.6 Å². The van der Waals surface area contributed by atoms with Crippen LogP contribution in [0.15, 0.2) is 41.3 Å². The molecule has 2 amide bonds. The van der Waals surface area contributed by atoms with E-state index in [2.05, 4.69) is 10.1 Å². The highest BCUT2D eigenvalue weighted by molar-refractivity contribution is 5.79. The van der Waals surface area contributed by atoms with Crippen LogP contribution in [0.2, 0.25) is 0 Å². The molecule has 2 N–H and O–H groups in total. The minimum Gasteiger partial charge on any atom is -0.369 e. The summed E-state index contributed by atoms with van der Waals surface area (Å²) in [5.41, 5.74) is 6.46. The van der Waals surface area contributed by atoms with Crippen LogP contribution in [0.3, 0.4) is 0 Å². The summed E-state index contributed by atoms with van der Waals surface area (Å²) >= 11 is 0. The number of piperidine rings is 1. The summed E-state index contributed by atoms with van der Waals surface area (Å²) in [6.45, 7) is 3.04. The largest absolute Gasteiger partial charge is 0.369 e. The van der Waals surface area contributed by atoms with Gasteiger partial charge in [0.25, 0.3) is 5.56 Å². The molecule has 30 heavy (non-hydrogen) atoms. The van der Waals surface area contributed by atoms with Crippen LogP contribution >= 0.6 is 0 Å². The first-order chi connectivity index (χ1) is 14.5. The van der Waals surface area contributed by atoms with E-state index in [0.29, 0.717) is 42.8 Å². The normalized spacial score (nSPS) is 14.9. The number of carbonyl (C=O) groups is 2. The molecule has 0 spiro atoms. The fraction of sp³-hybridized carbons (Fsp3) is 0.381. The molecule has 1 saturated heterocycles. The smallest absolute Gasteiger partial charge is 0.264 e. The van der Waals surface area contributed by atoms with Crippen molar-refractivity contribution in [1.29, 1.82) is 0 Å². The number of amides is 2. The number of rotatable bonds is 5. The maximum absolute atomic E-state index is 13.0. The Balaban J connectivity index is 1.51. The fourth-order valence-corrected chi connectivity index (χ4v) is 3.91. The second kappa shape index (κ2) is 8.10. The zero-order chi connectivity index (χ0) is 21.3. The lowest BCUT2D eigenvalue weighted by Crippen LogP contribution is -2.42. The Bertz CT molecular complexity index is 1140. The highest BCUT2D eigenvalue weighted by Gasteiger charge is 2.26. The third kappa shape index (κ3) is 3.70. The number of aromatic nitrogens is 4. The number of primary amides is 1. The van der Waals surface area contributed by atoms with Crippen molar-refractivity contribution in [2.24, 2.45) is 11.7 Å². The lowest BCUT2D eigenvalue weighted by atomic mass is 9.96. The van der Waals surface area contributed by atoms with Gasteiger partial charge in [0, 0.05) is 32.0 Å². The molecule has 0 aliphatic carbocycles. The summed E-state index contributed by atoms with van der Waals surface area (Å²) in [5, 5.41) is 4.74. The molecule has 1 fully saturated rings. The van der Waals surface area contributed by atoms with E-state index >= 15 is 0 Å². The molecule has 9 nitrogen and oxygen atoms in total. The monoisotopic (exact) mass is 408 g/mol. The Morgan fingerprint density at radius 1 is 1.17 bits per heavy atom. The topological polar surface area (TPSA) is 116 Å². The maximum Gasteiger partial charge on any atom is 0.264 e. The first-order valence-corrected chi connectivity index (χ1v) is 10.0. The van der Waals surface area contributed by atoms with Crippen LogP contribution in [0.5, 0.6) is 0 Å². The van der Waals surface area contributed by atoms with Gasteiger partial charge in [0.15, 0.2) is 5.65 Å². The van der Waals surface area contributed by atoms with Crippen molar-refractivity contribution in [1.82, 2.24) is 24.2 Å². The average Bonchev–Trinajstić information content (AvgIpc) is 3.18. The van der Waals surface area contributed by atoms with Crippen molar-refractivity contribution in [3.05, 3.63) is 52.7 Å². The van der Waals surface area contributed by atoms with Gasteiger partial charge in [-0.1, -0.05) is 18.2 Å². The van der Waals surface area contributed by atoms with E-state index in [1.54, 1.807) is 16.5 Å². The molecular weight excluding hydrogens is 384 g/mol. The van der Waals surface area contributed by atoms with Gasteiger partial charge in [-0.15, -0.1) is 0 Å². The van der Waals surface area contributed by atoms with E-state index < -0.39 is 0 Å². The number of carbonyl (C=O) groups excluding carboxylic acids is 2. The number of para-hydroxylation sites is 1. The molecule has 2 aromatic heterocycles. The van der Waals surface area contributed by atoms with Crippen molar-refractivity contribution in [3.8, 4) is 5.69 Å². The van der Waals surface area contributed by atoms with E-state index in [0.717, 1.165) is 5.69 Å². The van der Waals surface area contributed by atoms with Crippen LogP contribution in [0.25, 0.3) is 16.7 Å². The second-order valence-corrected chi connectivity index (χ2v) is 7.55.